The number of carbonyl (C=O) groups excluding carboxylic acids is 1. The largest absolute Gasteiger partial charge is 0.379 e. The Hall–Kier alpha value is -3.15. The van der Waals surface area contributed by atoms with E-state index in [1.807, 2.05) is 0 Å². The number of benzene rings is 2. The normalized spacial score (nSPS) is 15.3. The van der Waals surface area contributed by atoms with Gasteiger partial charge in [-0.1, -0.05) is 24.3 Å². The van der Waals surface area contributed by atoms with Gasteiger partial charge in [0, 0.05) is 37.2 Å². The number of sulfonamides is 1. The first-order valence-electron chi connectivity index (χ1n) is 10.0. The Morgan fingerprint density at radius 2 is 1.88 bits per heavy atom. The first kappa shape index (κ1) is 23.5. The average molecular weight is 461 g/mol. The summed E-state index contributed by atoms with van der Waals surface area (Å²) in [7, 11) is -3.55. The Morgan fingerprint density at radius 3 is 2.53 bits per heavy atom. The van der Waals surface area contributed by atoms with E-state index < -0.39 is 14.9 Å². The molecule has 1 aliphatic heterocycles. The second kappa shape index (κ2) is 10.4. The van der Waals surface area contributed by atoms with Crippen molar-refractivity contribution in [2.75, 3.05) is 26.3 Å². The third-order valence-corrected chi connectivity index (χ3v) is 6.91. The standard InChI is InChI=1S/C21H24N4O6S/c1-16(18-3-2-4-19(15-18)25(27)28)22-23-21(26)10-7-17-5-8-20(9-6-17)32(29,30)24-11-13-31-14-12-24/h2-6,8-9,15H,7,10-14H2,1H3,(H,23,26)/b22-16+. The number of nitro benzene ring substituents is 1. The number of hydrogen-bond acceptors (Lipinski definition) is 7. The molecule has 1 heterocycles. The summed E-state index contributed by atoms with van der Waals surface area (Å²) in [5, 5.41) is 14.9. The lowest BCUT2D eigenvalue weighted by molar-refractivity contribution is -0.384. The van der Waals surface area contributed by atoms with Crippen LogP contribution in [0.2, 0.25) is 0 Å². The average Bonchev–Trinajstić information content (AvgIpc) is 2.82. The molecule has 1 saturated heterocycles. The summed E-state index contributed by atoms with van der Waals surface area (Å²) in [4.78, 5) is 22.7. The van der Waals surface area contributed by atoms with Crippen molar-refractivity contribution < 1.29 is 22.9 Å². The zero-order valence-corrected chi connectivity index (χ0v) is 18.4. The third-order valence-electron chi connectivity index (χ3n) is 4.99. The molecule has 2 aromatic carbocycles. The number of rotatable bonds is 8. The number of hydrogen-bond donors (Lipinski definition) is 1. The topological polar surface area (TPSA) is 131 Å². The van der Waals surface area contributed by atoms with E-state index in [1.165, 1.54) is 16.4 Å². The Bertz CT molecular complexity index is 1110. The molecule has 0 atom stereocenters. The van der Waals surface area contributed by atoms with Crippen molar-refractivity contribution in [3.8, 4) is 0 Å². The monoisotopic (exact) mass is 460 g/mol. The minimum Gasteiger partial charge on any atom is -0.379 e. The molecule has 11 heteroatoms. The quantitative estimate of drug-likeness (QED) is 0.365. The summed E-state index contributed by atoms with van der Waals surface area (Å²) in [5.74, 6) is -0.320. The second-order valence-corrected chi connectivity index (χ2v) is 9.14. The molecule has 0 saturated carbocycles. The fourth-order valence-electron chi connectivity index (χ4n) is 3.13. The lowest BCUT2D eigenvalue weighted by Gasteiger charge is -2.26. The van der Waals surface area contributed by atoms with Crippen molar-refractivity contribution in [3.63, 3.8) is 0 Å². The van der Waals surface area contributed by atoms with Gasteiger partial charge in [0.2, 0.25) is 15.9 Å². The van der Waals surface area contributed by atoms with E-state index in [4.69, 9.17) is 4.74 Å². The Labute approximate surface area is 186 Å². The smallest absolute Gasteiger partial charge is 0.270 e. The molecule has 0 aliphatic carbocycles. The minimum absolute atomic E-state index is 0.0533. The summed E-state index contributed by atoms with van der Waals surface area (Å²) in [6, 6.07) is 12.5. The van der Waals surface area contributed by atoms with Crippen molar-refractivity contribution in [1.82, 2.24) is 9.73 Å². The molecule has 0 bridgehead atoms. The third kappa shape index (κ3) is 5.96. The molecular formula is C21H24N4O6S. The maximum absolute atomic E-state index is 12.6. The van der Waals surface area contributed by atoms with Crippen molar-refractivity contribution in [2.45, 2.75) is 24.7 Å². The fraction of sp³-hybridized carbons (Fsp3) is 0.333. The van der Waals surface area contributed by atoms with Gasteiger partial charge >= 0.3 is 0 Å². The van der Waals surface area contributed by atoms with Crippen LogP contribution in [0.3, 0.4) is 0 Å². The van der Waals surface area contributed by atoms with Crippen LogP contribution < -0.4 is 5.43 Å². The van der Waals surface area contributed by atoms with Crippen LogP contribution in [0.5, 0.6) is 0 Å². The zero-order valence-electron chi connectivity index (χ0n) is 17.6. The Kier molecular flexibility index (Phi) is 7.67. The molecule has 1 N–H and O–H groups in total. The molecule has 0 aromatic heterocycles. The number of nitrogens with zero attached hydrogens (tertiary/aromatic N) is 3. The number of nitro groups is 1. The van der Waals surface area contributed by atoms with Crippen molar-refractivity contribution in [2.24, 2.45) is 5.10 Å². The number of aryl methyl sites for hydroxylation is 1. The first-order chi connectivity index (χ1) is 15.3. The highest BCUT2D eigenvalue weighted by molar-refractivity contribution is 7.89. The van der Waals surface area contributed by atoms with Gasteiger partial charge in [0.15, 0.2) is 0 Å². The predicted octanol–water partition coefficient (Wildman–Crippen LogP) is 2.09. The highest BCUT2D eigenvalue weighted by Gasteiger charge is 2.26. The number of non-ortho nitro benzene ring substituents is 1. The van der Waals surface area contributed by atoms with Crippen LogP contribution in [0.1, 0.15) is 24.5 Å². The molecule has 170 valence electrons. The van der Waals surface area contributed by atoms with Gasteiger partial charge in [0.05, 0.1) is 28.7 Å². The van der Waals surface area contributed by atoms with Crippen LogP contribution in [-0.4, -0.2) is 55.6 Å². The molecule has 0 spiro atoms. The number of nitrogens with one attached hydrogen (secondary N) is 1. The van der Waals surface area contributed by atoms with Crippen LogP contribution >= 0.6 is 0 Å². The molecule has 1 aliphatic rings. The van der Waals surface area contributed by atoms with Crippen LogP contribution in [0.15, 0.2) is 58.5 Å². The van der Waals surface area contributed by atoms with Gasteiger partial charge in [0.1, 0.15) is 0 Å². The van der Waals surface area contributed by atoms with Crippen LogP contribution in [0.4, 0.5) is 5.69 Å². The summed E-state index contributed by atoms with van der Waals surface area (Å²) in [5.41, 5.74) is 4.19. The van der Waals surface area contributed by atoms with E-state index in [1.54, 1.807) is 43.3 Å². The van der Waals surface area contributed by atoms with E-state index in [0.29, 0.717) is 44.0 Å². The number of ether oxygens (including phenoxy) is 1. The fourth-order valence-corrected chi connectivity index (χ4v) is 4.54. The van der Waals surface area contributed by atoms with Gasteiger partial charge in [-0.05, 0) is 31.0 Å². The van der Waals surface area contributed by atoms with Gasteiger partial charge in [-0.2, -0.15) is 9.41 Å². The van der Waals surface area contributed by atoms with E-state index >= 15 is 0 Å². The summed E-state index contributed by atoms with van der Waals surface area (Å²) < 4.78 is 31.9. The molecule has 2 aromatic rings. The molecule has 1 fully saturated rings. The second-order valence-electron chi connectivity index (χ2n) is 7.20. The number of carbonyl (C=O) groups is 1. The lowest BCUT2D eigenvalue weighted by Crippen LogP contribution is -2.40. The Balaban J connectivity index is 1.54. The summed E-state index contributed by atoms with van der Waals surface area (Å²) in [6.07, 6.45) is 0.566. The molecular weight excluding hydrogens is 436 g/mol. The maximum Gasteiger partial charge on any atom is 0.270 e. The Morgan fingerprint density at radius 1 is 1.19 bits per heavy atom. The molecule has 0 unspecified atom stereocenters. The molecule has 10 nitrogen and oxygen atoms in total. The van der Waals surface area contributed by atoms with Gasteiger partial charge in [-0.25, -0.2) is 13.8 Å². The predicted molar refractivity (Wildman–Crippen MR) is 118 cm³/mol. The van der Waals surface area contributed by atoms with Gasteiger partial charge in [-0.15, -0.1) is 0 Å². The zero-order chi connectivity index (χ0) is 23.1. The van der Waals surface area contributed by atoms with Crippen molar-refractivity contribution in [1.29, 1.82) is 0 Å². The first-order valence-corrected chi connectivity index (χ1v) is 11.5. The van der Waals surface area contributed by atoms with Gasteiger partial charge < -0.3 is 4.74 Å². The SMILES string of the molecule is C/C(=N\NC(=O)CCc1ccc(S(=O)(=O)N2CCOCC2)cc1)c1cccc([N+](=O)[O-])c1. The molecule has 1 amide bonds. The van der Waals surface area contributed by atoms with Gasteiger partial charge in [-0.3, -0.25) is 14.9 Å². The van der Waals surface area contributed by atoms with Crippen LogP contribution in [-0.2, 0) is 26.0 Å². The number of hydrazone groups is 1. The minimum atomic E-state index is -3.55. The molecule has 32 heavy (non-hydrogen) atoms. The van der Waals surface area contributed by atoms with Gasteiger partial charge in [0.25, 0.3) is 5.69 Å². The van der Waals surface area contributed by atoms with Crippen molar-refractivity contribution in [3.05, 3.63) is 69.8 Å². The molecule has 3 rings (SSSR count). The van der Waals surface area contributed by atoms with Crippen LogP contribution in [0, 0.1) is 10.1 Å². The highest BCUT2D eigenvalue weighted by atomic mass is 32.2. The van der Waals surface area contributed by atoms with E-state index in [-0.39, 0.29) is 22.9 Å². The van der Waals surface area contributed by atoms with E-state index in [2.05, 4.69) is 10.5 Å². The van der Waals surface area contributed by atoms with E-state index in [0.717, 1.165) is 5.56 Å². The van der Waals surface area contributed by atoms with Crippen LogP contribution in [0.25, 0.3) is 0 Å². The highest BCUT2D eigenvalue weighted by Crippen LogP contribution is 2.18. The van der Waals surface area contributed by atoms with Crippen molar-refractivity contribution >= 4 is 27.3 Å². The number of morpholine rings is 1. The maximum atomic E-state index is 12.6. The van der Waals surface area contributed by atoms with E-state index in [9.17, 15) is 23.3 Å². The lowest BCUT2D eigenvalue weighted by atomic mass is 10.1. The number of amides is 1. The molecule has 0 radical (unpaired) electrons. The summed E-state index contributed by atoms with van der Waals surface area (Å²) >= 11 is 0. The summed E-state index contributed by atoms with van der Waals surface area (Å²) in [6.45, 7) is 3.08.